The van der Waals surface area contributed by atoms with Gasteiger partial charge in [-0.1, -0.05) is 0 Å². The Morgan fingerprint density at radius 2 is 2.38 bits per heavy atom. The zero-order valence-corrected chi connectivity index (χ0v) is 6.97. The maximum atomic E-state index is 11.2. The van der Waals surface area contributed by atoms with Crippen molar-refractivity contribution >= 4 is 11.5 Å². The zero-order chi connectivity index (χ0) is 9.26. The summed E-state index contributed by atoms with van der Waals surface area (Å²) in [5, 5.41) is 0. The van der Waals surface area contributed by atoms with Gasteiger partial charge in [-0.2, -0.15) is 0 Å². The second-order valence-electron chi connectivity index (χ2n) is 2.44. The van der Waals surface area contributed by atoms with Crippen LogP contribution in [0.1, 0.15) is 10.6 Å². The molecule has 5 nitrogen and oxygen atoms in total. The molecule has 0 spiro atoms. The monoisotopic (exact) mass is 177 g/mol. The summed E-state index contributed by atoms with van der Waals surface area (Å²) in [6.07, 6.45) is 6.44. The Morgan fingerprint density at radius 1 is 1.54 bits per heavy atom. The van der Waals surface area contributed by atoms with Crippen molar-refractivity contribution in [3.8, 4) is 0 Å². The number of ether oxygens (including phenoxy) is 1. The Bertz CT molecular complexity index is 449. The minimum atomic E-state index is -0.453. The number of hydrogen-bond acceptors (Lipinski definition) is 4. The van der Waals surface area contributed by atoms with E-state index in [-0.39, 0.29) is 5.82 Å². The van der Waals surface area contributed by atoms with E-state index in [0.29, 0.717) is 0 Å². The molecular weight excluding hydrogens is 170 g/mol. The van der Waals surface area contributed by atoms with Gasteiger partial charge in [0, 0.05) is 12.4 Å². The van der Waals surface area contributed by atoms with Gasteiger partial charge in [0.15, 0.2) is 0 Å². The van der Waals surface area contributed by atoms with Crippen LogP contribution >= 0.6 is 0 Å². The first kappa shape index (κ1) is 7.72. The number of nitrogens with zero attached hydrogens (tertiary/aromatic N) is 3. The number of aromatic nitrogens is 3. The van der Waals surface area contributed by atoms with Gasteiger partial charge in [0.1, 0.15) is 0 Å². The molecule has 0 saturated heterocycles. The molecule has 66 valence electrons. The highest BCUT2D eigenvalue weighted by Gasteiger charge is 2.11. The third-order valence-electron chi connectivity index (χ3n) is 1.70. The van der Waals surface area contributed by atoms with Gasteiger partial charge in [-0.25, -0.2) is 9.78 Å². The molecule has 2 aromatic rings. The summed E-state index contributed by atoms with van der Waals surface area (Å²) >= 11 is 0. The molecule has 0 amide bonds. The number of imidazole rings is 1. The zero-order valence-electron chi connectivity index (χ0n) is 6.97. The number of fused-ring (bicyclic) bond motifs is 1. The molecule has 5 heteroatoms. The molecule has 0 aliphatic heterocycles. The smallest absolute Gasteiger partial charge is 0.374 e. The van der Waals surface area contributed by atoms with Crippen molar-refractivity contribution in [1.29, 1.82) is 0 Å². The van der Waals surface area contributed by atoms with E-state index < -0.39 is 5.97 Å². The lowest BCUT2D eigenvalue weighted by atomic mass is 10.5. The van der Waals surface area contributed by atoms with Crippen LogP contribution in [0.15, 0.2) is 24.8 Å². The number of carbonyl (C=O) groups excluding carboxylic acids is 1. The maximum absolute atomic E-state index is 11.2. The van der Waals surface area contributed by atoms with Crippen LogP contribution in [0, 0.1) is 0 Å². The first-order chi connectivity index (χ1) is 6.33. The van der Waals surface area contributed by atoms with Crippen molar-refractivity contribution in [2.45, 2.75) is 0 Å². The molecule has 0 atom stereocenters. The van der Waals surface area contributed by atoms with Gasteiger partial charge in [0.05, 0.1) is 25.0 Å². The lowest BCUT2D eigenvalue weighted by Gasteiger charge is -1.96. The minimum absolute atomic E-state index is 0.264. The molecular formula is C8H7N3O2. The van der Waals surface area contributed by atoms with Crippen LogP contribution in [0.5, 0.6) is 0 Å². The molecule has 2 heterocycles. The van der Waals surface area contributed by atoms with Crippen molar-refractivity contribution in [2.75, 3.05) is 7.11 Å². The molecule has 0 saturated carbocycles. The molecule has 0 bridgehead atoms. The van der Waals surface area contributed by atoms with Crippen LogP contribution in [0.25, 0.3) is 5.52 Å². The van der Waals surface area contributed by atoms with Crippen LogP contribution in [0.3, 0.4) is 0 Å². The van der Waals surface area contributed by atoms with Crippen molar-refractivity contribution in [3.63, 3.8) is 0 Å². The molecule has 0 aromatic carbocycles. The van der Waals surface area contributed by atoms with Crippen LogP contribution < -0.4 is 0 Å². The third-order valence-corrected chi connectivity index (χ3v) is 1.70. The topological polar surface area (TPSA) is 56.5 Å². The molecule has 13 heavy (non-hydrogen) atoms. The van der Waals surface area contributed by atoms with E-state index in [1.54, 1.807) is 29.2 Å². The SMILES string of the molecule is COC(=O)c1ncc2cnccn12. The molecule has 0 N–H and O–H groups in total. The normalized spacial score (nSPS) is 10.2. The standard InChI is InChI=1S/C8H7N3O2/c1-13-8(12)7-10-5-6-4-9-2-3-11(6)7/h2-5H,1H3. The average Bonchev–Trinajstić information content (AvgIpc) is 2.60. The Hall–Kier alpha value is -1.91. The summed E-state index contributed by atoms with van der Waals surface area (Å²) in [7, 11) is 1.32. The van der Waals surface area contributed by atoms with Gasteiger partial charge in [-0.3, -0.25) is 9.38 Å². The summed E-state index contributed by atoms with van der Waals surface area (Å²) < 4.78 is 6.18. The first-order valence-corrected chi connectivity index (χ1v) is 3.68. The van der Waals surface area contributed by atoms with Gasteiger partial charge in [-0.05, 0) is 0 Å². The van der Waals surface area contributed by atoms with E-state index in [2.05, 4.69) is 14.7 Å². The van der Waals surface area contributed by atoms with Gasteiger partial charge < -0.3 is 4.74 Å². The fraction of sp³-hybridized carbons (Fsp3) is 0.125. The van der Waals surface area contributed by atoms with E-state index in [9.17, 15) is 4.79 Å². The van der Waals surface area contributed by atoms with Crippen LogP contribution in [0.2, 0.25) is 0 Å². The fourth-order valence-electron chi connectivity index (χ4n) is 1.09. The van der Waals surface area contributed by atoms with E-state index in [0.717, 1.165) is 5.52 Å². The predicted octanol–water partition coefficient (Wildman–Crippen LogP) is 0.516. The minimum Gasteiger partial charge on any atom is -0.463 e. The Morgan fingerprint density at radius 3 is 3.15 bits per heavy atom. The van der Waals surface area contributed by atoms with Gasteiger partial charge >= 0.3 is 5.97 Å². The molecule has 0 radical (unpaired) electrons. The number of rotatable bonds is 1. The van der Waals surface area contributed by atoms with Crippen LogP contribution in [0.4, 0.5) is 0 Å². The molecule has 0 aliphatic carbocycles. The van der Waals surface area contributed by atoms with E-state index >= 15 is 0 Å². The van der Waals surface area contributed by atoms with E-state index in [4.69, 9.17) is 0 Å². The number of esters is 1. The van der Waals surface area contributed by atoms with Crippen LogP contribution in [-0.2, 0) is 4.74 Å². The van der Waals surface area contributed by atoms with Crippen molar-refractivity contribution in [3.05, 3.63) is 30.6 Å². The molecule has 0 aliphatic rings. The molecule has 0 unspecified atom stereocenters. The summed E-state index contributed by atoms with van der Waals surface area (Å²) in [6, 6.07) is 0. The lowest BCUT2D eigenvalue weighted by Crippen LogP contribution is -2.06. The first-order valence-electron chi connectivity index (χ1n) is 3.68. The van der Waals surface area contributed by atoms with Gasteiger partial charge in [0.2, 0.25) is 5.82 Å². The summed E-state index contributed by atoms with van der Waals surface area (Å²) in [6.45, 7) is 0. The van der Waals surface area contributed by atoms with Gasteiger partial charge in [-0.15, -0.1) is 0 Å². The van der Waals surface area contributed by atoms with Crippen molar-refractivity contribution in [2.24, 2.45) is 0 Å². The largest absolute Gasteiger partial charge is 0.463 e. The highest BCUT2D eigenvalue weighted by atomic mass is 16.5. The summed E-state index contributed by atoms with van der Waals surface area (Å²) in [5.41, 5.74) is 0.767. The second kappa shape index (κ2) is 2.85. The summed E-state index contributed by atoms with van der Waals surface area (Å²) in [5.74, 6) is -0.189. The van der Waals surface area contributed by atoms with Crippen molar-refractivity contribution in [1.82, 2.24) is 14.4 Å². The Labute approximate surface area is 74.0 Å². The second-order valence-corrected chi connectivity index (χ2v) is 2.44. The summed E-state index contributed by atoms with van der Waals surface area (Å²) in [4.78, 5) is 19.0. The Kier molecular flexibility index (Phi) is 1.70. The number of methoxy groups -OCH3 is 1. The van der Waals surface area contributed by atoms with Crippen molar-refractivity contribution < 1.29 is 9.53 Å². The maximum Gasteiger partial charge on any atom is 0.374 e. The predicted molar refractivity (Wildman–Crippen MR) is 44.3 cm³/mol. The number of carbonyl (C=O) groups is 1. The average molecular weight is 177 g/mol. The van der Waals surface area contributed by atoms with Crippen LogP contribution in [-0.4, -0.2) is 27.4 Å². The molecule has 2 rings (SSSR count). The quantitative estimate of drug-likeness (QED) is 0.596. The lowest BCUT2D eigenvalue weighted by molar-refractivity contribution is 0.0586. The Balaban J connectivity index is 2.64. The fourth-order valence-corrected chi connectivity index (χ4v) is 1.09. The highest BCUT2D eigenvalue weighted by Crippen LogP contribution is 2.04. The van der Waals surface area contributed by atoms with E-state index in [1.165, 1.54) is 7.11 Å². The molecule has 2 aromatic heterocycles. The third kappa shape index (κ3) is 1.14. The number of hydrogen-bond donors (Lipinski definition) is 0. The van der Waals surface area contributed by atoms with Gasteiger partial charge in [0.25, 0.3) is 0 Å². The molecule has 0 fully saturated rings. The van der Waals surface area contributed by atoms with E-state index in [1.807, 2.05) is 0 Å². The highest BCUT2D eigenvalue weighted by molar-refractivity contribution is 5.86.